The lowest BCUT2D eigenvalue weighted by Gasteiger charge is -2.67. The van der Waals surface area contributed by atoms with Crippen LogP contribution < -0.4 is 0 Å². The predicted molar refractivity (Wildman–Crippen MR) is 450 cm³/mol. The van der Waals surface area contributed by atoms with Gasteiger partial charge < -0.3 is 30.6 Å². The third kappa shape index (κ3) is 17.3. The van der Waals surface area contributed by atoms with Crippen LogP contribution in [0.3, 0.4) is 0 Å². The van der Waals surface area contributed by atoms with Crippen molar-refractivity contribution in [3.63, 3.8) is 0 Å². The van der Waals surface area contributed by atoms with Crippen LogP contribution in [0.4, 0.5) is 0 Å². The van der Waals surface area contributed by atoms with Crippen molar-refractivity contribution in [1.82, 2.24) is 0 Å². The molecule has 0 amide bonds. The highest BCUT2D eigenvalue weighted by Gasteiger charge is 2.66. The van der Waals surface area contributed by atoms with Gasteiger partial charge in [0, 0.05) is 0 Å². The third-order valence-corrected chi connectivity index (χ3v) is 24.3. The zero-order chi connectivity index (χ0) is 80.8. The lowest BCUT2D eigenvalue weighted by atomic mass is 9.36. The molecule has 0 saturated carbocycles. The molecule has 6 aromatic carbocycles. The zero-order valence-corrected chi connectivity index (χ0v) is 73.9. The first-order valence-electron chi connectivity index (χ1n) is 39.6. The van der Waals surface area contributed by atoms with Gasteiger partial charge in [-0.1, -0.05) is 347 Å². The molecule has 3 unspecified atom stereocenters. The molecule has 7 rings (SSSR count). The lowest BCUT2D eigenvalue weighted by Crippen LogP contribution is -2.63. The molecule has 0 radical (unpaired) electrons. The van der Waals surface area contributed by atoms with E-state index in [2.05, 4.69) is 343 Å². The first-order valence-corrected chi connectivity index (χ1v) is 39.6. The largest absolute Gasteiger partial charge is 0.507 e. The average molecular weight is 1430 g/mol. The standard InChI is InChI=1S/C99H148O6/c1-58-65(40-59-42-67(85(2,3)4)79(100)68(43-59)86(5,6)7)97(38,54-61-46-71(89(14,15)16)81(102)72(47-61)90(17,18)19)99(56-63-50-75(93(26,27)28)83(104)76(51-63)94(29,30)31,57-64-52-77(95(32,33)34)84(105)78(53-64)96(35,36)37)98(39,55-62-48-73(91(20,21)22)82(103)74(49-62)92(23,24)25)66(58)41-60-44-69(87(8,9)10)80(101)70(45-60)88(11,12)13/h42-53,65,100-105H,40-41,54-57H2,1-39H3. The summed E-state index contributed by atoms with van der Waals surface area (Å²) in [6, 6.07) is 28.0. The van der Waals surface area contributed by atoms with Crippen molar-refractivity contribution in [3.05, 3.63) is 184 Å². The van der Waals surface area contributed by atoms with Gasteiger partial charge in [-0.15, -0.1) is 0 Å². The topological polar surface area (TPSA) is 121 Å². The highest BCUT2D eigenvalue weighted by atomic mass is 16.3. The summed E-state index contributed by atoms with van der Waals surface area (Å²) in [5, 5.41) is 77.4. The third-order valence-electron chi connectivity index (χ3n) is 24.3. The fourth-order valence-corrected chi connectivity index (χ4v) is 18.1. The van der Waals surface area contributed by atoms with E-state index in [4.69, 9.17) is 0 Å². The molecule has 0 fully saturated rings. The molecule has 6 nitrogen and oxygen atoms in total. The maximum absolute atomic E-state index is 13.0. The van der Waals surface area contributed by atoms with Crippen molar-refractivity contribution in [2.75, 3.05) is 0 Å². The van der Waals surface area contributed by atoms with E-state index in [1.165, 1.54) is 11.1 Å². The fraction of sp³-hybridized carbons (Fsp3) is 0.616. The molecule has 0 bridgehead atoms. The summed E-state index contributed by atoms with van der Waals surface area (Å²) in [6.07, 6.45) is 3.35. The number of hydrogen-bond donors (Lipinski definition) is 6. The Bertz CT molecular complexity index is 3980. The van der Waals surface area contributed by atoms with Crippen molar-refractivity contribution in [2.24, 2.45) is 22.2 Å². The Hall–Kier alpha value is -6.14. The molecule has 1 aliphatic rings. The molecule has 6 aromatic rings. The van der Waals surface area contributed by atoms with E-state index in [1.807, 2.05) is 0 Å². The van der Waals surface area contributed by atoms with Gasteiger partial charge in [-0.3, -0.25) is 0 Å². The van der Waals surface area contributed by atoms with Gasteiger partial charge >= 0.3 is 0 Å². The van der Waals surface area contributed by atoms with Crippen LogP contribution in [-0.2, 0) is 104 Å². The average Bonchev–Trinajstić information content (AvgIpc) is 0.676. The number of aromatic hydroxyl groups is 6. The van der Waals surface area contributed by atoms with Gasteiger partial charge in [-0.2, -0.15) is 0 Å². The molecule has 1 aliphatic carbocycles. The molecule has 0 saturated heterocycles. The van der Waals surface area contributed by atoms with Crippen LogP contribution in [0.1, 0.15) is 370 Å². The minimum absolute atomic E-state index is 0.241. The molecular weight excluding hydrogens is 1290 g/mol. The summed E-state index contributed by atoms with van der Waals surface area (Å²) in [7, 11) is 0. The molecule has 0 heterocycles. The Balaban J connectivity index is 2.00. The van der Waals surface area contributed by atoms with Crippen LogP contribution in [0.15, 0.2) is 83.9 Å². The van der Waals surface area contributed by atoms with E-state index in [0.717, 1.165) is 100 Å². The molecule has 0 aromatic heterocycles. The van der Waals surface area contributed by atoms with Gasteiger partial charge in [0.2, 0.25) is 0 Å². The Morgan fingerprint density at radius 1 is 0.248 bits per heavy atom. The first-order chi connectivity index (χ1) is 46.7. The van der Waals surface area contributed by atoms with Gasteiger partial charge in [-0.05, 0) is 233 Å². The number of allylic oxidation sites excluding steroid dienone is 2. The highest BCUT2D eigenvalue weighted by molar-refractivity contribution is 5.59. The van der Waals surface area contributed by atoms with E-state index < -0.39 is 81.2 Å². The van der Waals surface area contributed by atoms with E-state index in [9.17, 15) is 30.6 Å². The summed E-state index contributed by atoms with van der Waals surface area (Å²) < 4.78 is 0. The van der Waals surface area contributed by atoms with Crippen LogP contribution in [0, 0.1) is 22.2 Å². The Kier molecular flexibility index (Phi) is 22.5. The van der Waals surface area contributed by atoms with E-state index in [1.54, 1.807) is 0 Å². The van der Waals surface area contributed by atoms with Crippen molar-refractivity contribution in [3.8, 4) is 34.5 Å². The normalized spacial score (nSPS) is 18.7. The van der Waals surface area contributed by atoms with Crippen LogP contribution in [0.25, 0.3) is 0 Å². The summed E-state index contributed by atoms with van der Waals surface area (Å²) in [5.41, 5.74) is 12.2. The van der Waals surface area contributed by atoms with Gasteiger partial charge in [0.05, 0.1) is 0 Å². The van der Waals surface area contributed by atoms with E-state index in [-0.39, 0.29) is 5.92 Å². The summed E-state index contributed by atoms with van der Waals surface area (Å²) in [5.74, 6) is 1.77. The van der Waals surface area contributed by atoms with Crippen molar-refractivity contribution < 1.29 is 30.6 Å². The minimum atomic E-state index is -0.904. The predicted octanol–water partition coefficient (Wildman–Crippen LogP) is 26.2. The Morgan fingerprint density at radius 2 is 0.419 bits per heavy atom. The molecule has 580 valence electrons. The molecule has 6 N–H and O–H groups in total. The van der Waals surface area contributed by atoms with Crippen molar-refractivity contribution in [2.45, 2.75) is 374 Å². The molecule has 6 heteroatoms. The number of phenols is 6. The molecule has 105 heavy (non-hydrogen) atoms. The summed E-state index contributed by atoms with van der Waals surface area (Å²) >= 11 is 0. The zero-order valence-electron chi connectivity index (χ0n) is 73.9. The monoisotopic (exact) mass is 1430 g/mol. The van der Waals surface area contributed by atoms with Crippen LogP contribution in [0.2, 0.25) is 0 Å². The maximum atomic E-state index is 13.0. The van der Waals surface area contributed by atoms with Gasteiger partial charge in [0.15, 0.2) is 0 Å². The smallest absolute Gasteiger partial charge is 0.123 e. The minimum Gasteiger partial charge on any atom is -0.507 e. The van der Waals surface area contributed by atoms with E-state index in [0.29, 0.717) is 73.0 Å². The number of phenolic OH excluding ortho intramolecular Hbond substituents is 6. The first kappa shape index (κ1) is 86.1. The molecular formula is C99H148O6. The van der Waals surface area contributed by atoms with Crippen LogP contribution in [0.5, 0.6) is 34.5 Å². The van der Waals surface area contributed by atoms with E-state index >= 15 is 0 Å². The van der Waals surface area contributed by atoms with Crippen molar-refractivity contribution >= 4 is 0 Å². The molecule has 0 spiro atoms. The van der Waals surface area contributed by atoms with Crippen molar-refractivity contribution in [1.29, 1.82) is 0 Å². The number of rotatable bonds is 12. The number of hydrogen-bond acceptors (Lipinski definition) is 6. The SMILES string of the molecule is CC1=C(Cc2cc(C(C)(C)C)c(O)c(C(C)(C)C)c2)C(C)(Cc2cc(C(C)(C)C)c(O)c(C(C)(C)C)c2)C(Cc2cc(C(C)(C)C)c(O)c(C(C)(C)C)c2)(Cc2cc(C(C)(C)C)c(O)c(C(C)(C)C)c2)C(C)(Cc2cc(C(C)(C)C)c(O)c(C(C)(C)C)c2)C1Cc1cc(C(C)(C)C)c(O)c(C(C)(C)C)c1. The second kappa shape index (κ2) is 27.5. The van der Waals surface area contributed by atoms with Gasteiger partial charge in [0.25, 0.3) is 0 Å². The Labute approximate surface area is 641 Å². The van der Waals surface area contributed by atoms with Gasteiger partial charge in [0.1, 0.15) is 34.5 Å². The highest BCUT2D eigenvalue weighted by Crippen LogP contribution is 2.71. The van der Waals surface area contributed by atoms with Crippen LogP contribution >= 0.6 is 0 Å². The van der Waals surface area contributed by atoms with Gasteiger partial charge in [-0.25, -0.2) is 0 Å². The fourth-order valence-electron chi connectivity index (χ4n) is 18.1. The summed E-state index contributed by atoms with van der Waals surface area (Å²) in [6.45, 7) is 87.6. The summed E-state index contributed by atoms with van der Waals surface area (Å²) in [4.78, 5) is 0. The second-order valence-electron chi connectivity index (χ2n) is 45.9. The van der Waals surface area contributed by atoms with Crippen LogP contribution in [-0.4, -0.2) is 30.6 Å². The Morgan fingerprint density at radius 3 is 0.619 bits per heavy atom. The maximum Gasteiger partial charge on any atom is 0.123 e. The molecule has 3 atom stereocenters. The second-order valence-corrected chi connectivity index (χ2v) is 45.9. The molecule has 0 aliphatic heterocycles. The number of benzene rings is 6. The quantitative estimate of drug-likeness (QED) is 0.0679. The lowest BCUT2D eigenvalue weighted by molar-refractivity contribution is -0.0989.